The first kappa shape index (κ1) is 15.0. The molecule has 0 bridgehead atoms. The summed E-state index contributed by atoms with van der Waals surface area (Å²) in [5.74, 6) is -0.662. The minimum absolute atomic E-state index is 0.00787. The molecule has 0 amide bonds. The van der Waals surface area contributed by atoms with Gasteiger partial charge in [0.25, 0.3) is 5.56 Å². The number of aromatic amines is 1. The van der Waals surface area contributed by atoms with E-state index in [-0.39, 0.29) is 16.4 Å². The van der Waals surface area contributed by atoms with Gasteiger partial charge in [-0.25, -0.2) is 13.8 Å². The van der Waals surface area contributed by atoms with Crippen LogP contribution in [0.25, 0.3) is 5.69 Å². The number of H-pyrrole nitrogens is 1. The van der Waals surface area contributed by atoms with E-state index in [0.29, 0.717) is 17.3 Å². The number of hydrogen-bond acceptors (Lipinski definition) is 2. The summed E-state index contributed by atoms with van der Waals surface area (Å²) in [6.07, 6.45) is 1.09. The van der Waals surface area contributed by atoms with E-state index in [9.17, 15) is 14.0 Å². The van der Waals surface area contributed by atoms with Crippen LogP contribution in [-0.2, 0) is 6.42 Å². The van der Waals surface area contributed by atoms with E-state index in [2.05, 4.69) is 20.9 Å². The van der Waals surface area contributed by atoms with Crippen molar-refractivity contribution in [2.45, 2.75) is 19.8 Å². The van der Waals surface area contributed by atoms with E-state index in [1.807, 2.05) is 6.92 Å². The molecule has 2 aromatic rings. The maximum absolute atomic E-state index is 13.9. The molecule has 1 N–H and O–H groups in total. The number of rotatable bonds is 3. The highest BCUT2D eigenvalue weighted by molar-refractivity contribution is 9.10. The van der Waals surface area contributed by atoms with Gasteiger partial charge in [-0.15, -0.1) is 0 Å². The molecule has 0 saturated carbocycles. The second-order valence-electron chi connectivity index (χ2n) is 4.21. The fraction of sp³-hybridized carbons (Fsp3) is 0.231. The van der Waals surface area contributed by atoms with E-state index >= 15 is 0 Å². The fourth-order valence-corrected chi connectivity index (χ4v) is 2.49. The van der Waals surface area contributed by atoms with Gasteiger partial charge in [0.15, 0.2) is 0 Å². The van der Waals surface area contributed by atoms with Crippen LogP contribution in [0.4, 0.5) is 4.39 Å². The monoisotopic (exact) mass is 360 g/mol. The first-order valence-corrected chi connectivity index (χ1v) is 7.12. The summed E-state index contributed by atoms with van der Waals surface area (Å²) in [5.41, 5.74) is -1.21. The number of halogens is 3. The van der Waals surface area contributed by atoms with Crippen LogP contribution in [0.5, 0.6) is 0 Å². The Morgan fingerprint density at radius 2 is 2.10 bits per heavy atom. The quantitative estimate of drug-likeness (QED) is 0.854. The standard InChI is InChI=1S/C13H11BrClFN2O2/c1-2-3-8-11(15)17-13(20)18(12(8)19)10-6-7(14)4-5-9(10)16/h4-6H,2-3H2,1H3,(H,17,20). The van der Waals surface area contributed by atoms with Crippen LogP contribution in [0.3, 0.4) is 0 Å². The molecule has 1 heterocycles. The maximum Gasteiger partial charge on any atom is 0.334 e. The average Bonchev–Trinajstić information content (AvgIpc) is 2.38. The van der Waals surface area contributed by atoms with Crippen molar-refractivity contribution in [3.8, 4) is 5.69 Å². The highest BCUT2D eigenvalue weighted by atomic mass is 79.9. The van der Waals surface area contributed by atoms with Crippen molar-refractivity contribution in [3.63, 3.8) is 0 Å². The topological polar surface area (TPSA) is 54.9 Å². The Kier molecular flexibility index (Phi) is 4.45. The van der Waals surface area contributed by atoms with Crippen LogP contribution in [0.1, 0.15) is 18.9 Å². The predicted octanol–water partition coefficient (Wildman–Crippen LogP) is 3.03. The van der Waals surface area contributed by atoms with Crippen LogP contribution < -0.4 is 11.2 Å². The van der Waals surface area contributed by atoms with Crippen molar-refractivity contribution in [2.24, 2.45) is 0 Å². The van der Waals surface area contributed by atoms with Crippen molar-refractivity contribution < 1.29 is 4.39 Å². The Morgan fingerprint density at radius 3 is 2.75 bits per heavy atom. The molecule has 0 aliphatic heterocycles. The van der Waals surface area contributed by atoms with Gasteiger partial charge in [-0.2, -0.15) is 0 Å². The Bertz CT molecular complexity index is 770. The van der Waals surface area contributed by atoms with Crippen molar-refractivity contribution in [1.29, 1.82) is 0 Å². The third-order valence-corrected chi connectivity index (χ3v) is 3.61. The van der Waals surface area contributed by atoms with Crippen LogP contribution in [0.15, 0.2) is 32.3 Å². The van der Waals surface area contributed by atoms with Gasteiger partial charge >= 0.3 is 5.69 Å². The summed E-state index contributed by atoms with van der Waals surface area (Å²) in [6, 6.07) is 4.04. The van der Waals surface area contributed by atoms with Gasteiger partial charge in [-0.05, 0) is 24.6 Å². The Balaban J connectivity index is 2.81. The summed E-state index contributed by atoms with van der Waals surface area (Å²) in [6.45, 7) is 1.88. The van der Waals surface area contributed by atoms with E-state index in [1.165, 1.54) is 18.2 Å². The number of aromatic nitrogens is 2. The first-order valence-electron chi connectivity index (χ1n) is 5.94. The van der Waals surface area contributed by atoms with Crippen molar-refractivity contribution in [2.75, 3.05) is 0 Å². The molecule has 0 saturated heterocycles. The van der Waals surface area contributed by atoms with Gasteiger partial charge in [0.1, 0.15) is 11.0 Å². The van der Waals surface area contributed by atoms with Crippen molar-refractivity contribution in [1.82, 2.24) is 9.55 Å². The highest BCUT2D eigenvalue weighted by Gasteiger charge is 2.16. The van der Waals surface area contributed by atoms with Crippen molar-refractivity contribution >= 4 is 27.5 Å². The molecule has 0 fully saturated rings. The van der Waals surface area contributed by atoms with Gasteiger partial charge in [0.2, 0.25) is 0 Å². The zero-order valence-corrected chi connectivity index (χ0v) is 12.9. The lowest BCUT2D eigenvalue weighted by Crippen LogP contribution is -2.36. The van der Waals surface area contributed by atoms with E-state index in [0.717, 1.165) is 4.57 Å². The normalized spacial score (nSPS) is 10.8. The summed E-state index contributed by atoms with van der Waals surface area (Å²) < 4.78 is 15.2. The lowest BCUT2D eigenvalue weighted by Gasteiger charge is -2.09. The molecule has 0 aliphatic rings. The molecule has 4 nitrogen and oxygen atoms in total. The molecular weight excluding hydrogens is 351 g/mol. The molecule has 7 heteroatoms. The highest BCUT2D eigenvalue weighted by Crippen LogP contribution is 2.18. The van der Waals surface area contributed by atoms with Crippen molar-refractivity contribution in [3.05, 3.63) is 60.0 Å². The molecule has 0 unspecified atom stereocenters. The van der Waals surface area contributed by atoms with E-state index in [1.54, 1.807) is 0 Å². The number of benzene rings is 1. The molecule has 106 valence electrons. The molecule has 20 heavy (non-hydrogen) atoms. The van der Waals surface area contributed by atoms with E-state index < -0.39 is 17.1 Å². The minimum Gasteiger partial charge on any atom is -0.297 e. The molecule has 2 rings (SSSR count). The molecule has 1 aromatic heterocycles. The van der Waals surface area contributed by atoms with Gasteiger partial charge in [-0.3, -0.25) is 9.78 Å². The lowest BCUT2D eigenvalue weighted by molar-refractivity contribution is 0.610. The second kappa shape index (κ2) is 5.93. The minimum atomic E-state index is -0.767. The Hall–Kier alpha value is -1.40. The lowest BCUT2D eigenvalue weighted by atomic mass is 10.2. The largest absolute Gasteiger partial charge is 0.334 e. The molecule has 0 atom stereocenters. The molecule has 0 radical (unpaired) electrons. The molecule has 1 aromatic carbocycles. The Morgan fingerprint density at radius 1 is 1.40 bits per heavy atom. The fourth-order valence-electron chi connectivity index (χ4n) is 1.89. The van der Waals surface area contributed by atoms with Gasteiger partial charge in [0, 0.05) is 4.47 Å². The molecular formula is C13H11BrClFN2O2. The zero-order chi connectivity index (χ0) is 14.9. The summed E-state index contributed by atoms with van der Waals surface area (Å²) in [5, 5.41) is 0.00787. The van der Waals surface area contributed by atoms with Crippen LogP contribution in [-0.4, -0.2) is 9.55 Å². The van der Waals surface area contributed by atoms with Gasteiger partial charge in [-0.1, -0.05) is 40.9 Å². The van der Waals surface area contributed by atoms with Gasteiger partial charge < -0.3 is 0 Å². The zero-order valence-electron chi connectivity index (χ0n) is 10.5. The summed E-state index contributed by atoms with van der Waals surface area (Å²) in [4.78, 5) is 26.6. The maximum atomic E-state index is 13.9. The second-order valence-corrected chi connectivity index (χ2v) is 5.50. The number of nitrogens with one attached hydrogen (secondary N) is 1. The van der Waals surface area contributed by atoms with Crippen LogP contribution in [0.2, 0.25) is 5.15 Å². The SMILES string of the molecule is CCCc1c(Cl)[nH]c(=O)n(-c2cc(Br)ccc2F)c1=O. The summed E-state index contributed by atoms with van der Waals surface area (Å²) >= 11 is 9.06. The predicted molar refractivity (Wildman–Crippen MR) is 79.3 cm³/mol. The van der Waals surface area contributed by atoms with Crippen LogP contribution in [0, 0.1) is 5.82 Å². The molecule has 0 aliphatic carbocycles. The van der Waals surface area contributed by atoms with E-state index in [4.69, 9.17) is 11.6 Å². The number of hydrogen-bond donors (Lipinski definition) is 1. The average molecular weight is 362 g/mol. The third-order valence-electron chi connectivity index (χ3n) is 2.80. The van der Waals surface area contributed by atoms with Gasteiger partial charge in [0.05, 0.1) is 11.3 Å². The third kappa shape index (κ3) is 2.71. The number of nitrogens with zero attached hydrogens (tertiary/aromatic N) is 1. The smallest absolute Gasteiger partial charge is 0.297 e. The molecule has 0 spiro atoms. The summed E-state index contributed by atoms with van der Waals surface area (Å²) in [7, 11) is 0. The van der Waals surface area contributed by atoms with Crippen LogP contribution >= 0.6 is 27.5 Å². The first-order chi connectivity index (χ1) is 9.45. The Labute approximate surface area is 127 Å².